The van der Waals surface area contributed by atoms with Gasteiger partial charge < -0.3 is 9.47 Å². The standard InChI is InChI=1S/C18H16N4O/c23-18(22-9-6-17-15(12-22)11-19-13-20-17)14-4-3-5-16(10-14)21-7-1-2-8-21/h1-5,7-8,10-11,13H,6,9,12H2. The smallest absolute Gasteiger partial charge is 0.254 e. The van der Waals surface area contributed by atoms with E-state index in [1.165, 1.54) is 0 Å². The molecule has 0 unspecified atom stereocenters. The van der Waals surface area contributed by atoms with Crippen LogP contribution in [-0.2, 0) is 13.0 Å². The Kier molecular flexibility index (Phi) is 3.38. The van der Waals surface area contributed by atoms with E-state index < -0.39 is 0 Å². The highest BCUT2D eigenvalue weighted by atomic mass is 16.2. The number of fused-ring (bicyclic) bond motifs is 1. The van der Waals surface area contributed by atoms with Gasteiger partial charge in [-0.25, -0.2) is 9.97 Å². The normalized spacial score (nSPS) is 13.7. The molecule has 2 aromatic heterocycles. The van der Waals surface area contributed by atoms with E-state index in [0.717, 1.165) is 23.4 Å². The lowest BCUT2D eigenvalue weighted by Crippen LogP contribution is -2.36. The molecular formula is C18H16N4O. The molecule has 0 saturated carbocycles. The molecular weight excluding hydrogens is 288 g/mol. The lowest BCUT2D eigenvalue weighted by Gasteiger charge is -2.28. The monoisotopic (exact) mass is 304 g/mol. The molecule has 0 saturated heterocycles. The van der Waals surface area contributed by atoms with Gasteiger partial charge in [0.25, 0.3) is 5.91 Å². The second kappa shape index (κ2) is 5.68. The van der Waals surface area contributed by atoms with Crippen molar-refractivity contribution < 1.29 is 4.79 Å². The molecule has 0 spiro atoms. The summed E-state index contributed by atoms with van der Waals surface area (Å²) in [7, 11) is 0. The van der Waals surface area contributed by atoms with Crippen molar-refractivity contribution in [2.24, 2.45) is 0 Å². The van der Waals surface area contributed by atoms with Crippen LogP contribution in [0.3, 0.4) is 0 Å². The lowest BCUT2D eigenvalue weighted by molar-refractivity contribution is 0.0733. The largest absolute Gasteiger partial charge is 0.334 e. The van der Waals surface area contributed by atoms with Crippen molar-refractivity contribution in [3.8, 4) is 5.69 Å². The van der Waals surface area contributed by atoms with E-state index in [-0.39, 0.29) is 5.91 Å². The fourth-order valence-corrected chi connectivity index (χ4v) is 2.93. The van der Waals surface area contributed by atoms with Crippen LogP contribution in [0.5, 0.6) is 0 Å². The molecule has 0 atom stereocenters. The van der Waals surface area contributed by atoms with Crippen molar-refractivity contribution in [3.05, 3.63) is 78.1 Å². The molecule has 4 rings (SSSR count). The van der Waals surface area contributed by atoms with Gasteiger partial charge in [0.1, 0.15) is 6.33 Å². The Morgan fingerprint density at radius 1 is 1.13 bits per heavy atom. The first kappa shape index (κ1) is 13.7. The Morgan fingerprint density at radius 3 is 2.87 bits per heavy atom. The molecule has 0 N–H and O–H groups in total. The highest BCUT2D eigenvalue weighted by Gasteiger charge is 2.22. The van der Waals surface area contributed by atoms with Crippen LogP contribution in [-0.4, -0.2) is 31.9 Å². The Bertz CT molecular complexity index is 842. The SMILES string of the molecule is O=C(c1cccc(-n2cccc2)c1)N1CCc2ncncc2C1. The summed E-state index contributed by atoms with van der Waals surface area (Å²) in [4.78, 5) is 23.0. The third-order valence-corrected chi connectivity index (χ3v) is 4.14. The van der Waals surface area contributed by atoms with Gasteiger partial charge in [-0.15, -0.1) is 0 Å². The molecule has 0 fully saturated rings. The van der Waals surface area contributed by atoms with Gasteiger partial charge in [0.05, 0.1) is 5.69 Å². The van der Waals surface area contributed by atoms with Crippen molar-refractivity contribution in [2.75, 3.05) is 6.54 Å². The van der Waals surface area contributed by atoms with Gasteiger partial charge in [-0.1, -0.05) is 6.07 Å². The Morgan fingerprint density at radius 2 is 2.00 bits per heavy atom. The van der Waals surface area contributed by atoms with Crippen molar-refractivity contribution >= 4 is 5.91 Å². The number of carbonyl (C=O) groups excluding carboxylic acids is 1. The molecule has 5 nitrogen and oxygen atoms in total. The quantitative estimate of drug-likeness (QED) is 0.731. The van der Waals surface area contributed by atoms with Crippen LogP contribution >= 0.6 is 0 Å². The van der Waals surface area contributed by atoms with Crippen molar-refractivity contribution in [1.29, 1.82) is 0 Å². The summed E-state index contributed by atoms with van der Waals surface area (Å²) >= 11 is 0. The minimum Gasteiger partial charge on any atom is -0.334 e. The first-order valence-corrected chi connectivity index (χ1v) is 7.62. The van der Waals surface area contributed by atoms with Gasteiger partial charge >= 0.3 is 0 Å². The third kappa shape index (κ3) is 2.61. The molecule has 1 amide bonds. The van der Waals surface area contributed by atoms with Crippen LogP contribution in [0.25, 0.3) is 5.69 Å². The molecule has 1 aromatic carbocycles. The van der Waals surface area contributed by atoms with E-state index in [2.05, 4.69) is 9.97 Å². The van der Waals surface area contributed by atoms with E-state index >= 15 is 0 Å². The van der Waals surface area contributed by atoms with Crippen molar-refractivity contribution in [3.63, 3.8) is 0 Å². The molecule has 114 valence electrons. The zero-order valence-electron chi connectivity index (χ0n) is 12.6. The third-order valence-electron chi connectivity index (χ3n) is 4.14. The number of hydrogen-bond acceptors (Lipinski definition) is 3. The molecule has 23 heavy (non-hydrogen) atoms. The fraction of sp³-hybridized carbons (Fsp3) is 0.167. The minimum atomic E-state index is 0.0495. The first-order valence-electron chi connectivity index (χ1n) is 7.62. The number of amides is 1. The second-order valence-electron chi connectivity index (χ2n) is 5.61. The molecule has 0 radical (unpaired) electrons. The van der Waals surface area contributed by atoms with Crippen LogP contribution in [0.4, 0.5) is 0 Å². The molecule has 3 heterocycles. The zero-order valence-corrected chi connectivity index (χ0v) is 12.6. The molecule has 1 aliphatic rings. The molecule has 0 bridgehead atoms. The van der Waals surface area contributed by atoms with Crippen LogP contribution in [0.1, 0.15) is 21.6 Å². The summed E-state index contributed by atoms with van der Waals surface area (Å²) in [6.07, 6.45) is 8.09. The minimum absolute atomic E-state index is 0.0495. The van der Waals surface area contributed by atoms with Crippen LogP contribution in [0.2, 0.25) is 0 Å². The van der Waals surface area contributed by atoms with Crippen LogP contribution in [0.15, 0.2) is 61.3 Å². The first-order chi connectivity index (χ1) is 11.3. The predicted octanol–water partition coefficient (Wildman–Crippen LogP) is 2.47. The van der Waals surface area contributed by atoms with E-state index in [1.54, 1.807) is 12.5 Å². The molecule has 1 aliphatic heterocycles. The molecule has 5 heteroatoms. The van der Waals surface area contributed by atoms with Crippen molar-refractivity contribution in [2.45, 2.75) is 13.0 Å². The van der Waals surface area contributed by atoms with Gasteiger partial charge in [0.15, 0.2) is 0 Å². The average Bonchev–Trinajstić information content (AvgIpc) is 3.15. The molecule has 3 aromatic rings. The van der Waals surface area contributed by atoms with E-state index in [1.807, 2.05) is 58.3 Å². The van der Waals surface area contributed by atoms with E-state index in [4.69, 9.17) is 0 Å². The average molecular weight is 304 g/mol. The van der Waals surface area contributed by atoms with Gasteiger partial charge in [0.2, 0.25) is 0 Å². The summed E-state index contributed by atoms with van der Waals surface area (Å²) in [5.41, 5.74) is 3.77. The van der Waals surface area contributed by atoms with Gasteiger partial charge in [-0.05, 0) is 30.3 Å². The summed E-state index contributed by atoms with van der Waals surface area (Å²) in [6.45, 7) is 1.26. The van der Waals surface area contributed by atoms with Gasteiger partial charge in [-0.3, -0.25) is 4.79 Å². The maximum Gasteiger partial charge on any atom is 0.254 e. The van der Waals surface area contributed by atoms with E-state index in [0.29, 0.717) is 18.7 Å². The topological polar surface area (TPSA) is 51.0 Å². The maximum absolute atomic E-state index is 12.8. The van der Waals surface area contributed by atoms with Crippen molar-refractivity contribution in [1.82, 2.24) is 19.4 Å². The van der Waals surface area contributed by atoms with E-state index in [9.17, 15) is 4.79 Å². The Balaban J connectivity index is 1.59. The number of benzene rings is 1. The number of aromatic nitrogens is 3. The number of rotatable bonds is 2. The van der Waals surface area contributed by atoms with Gasteiger partial charge in [0, 0.05) is 54.9 Å². The fourth-order valence-electron chi connectivity index (χ4n) is 2.93. The predicted molar refractivity (Wildman–Crippen MR) is 86.2 cm³/mol. The Hall–Kier alpha value is -2.95. The van der Waals surface area contributed by atoms with Crippen LogP contribution < -0.4 is 0 Å². The number of nitrogens with zero attached hydrogens (tertiary/aromatic N) is 4. The maximum atomic E-state index is 12.8. The molecule has 0 aliphatic carbocycles. The number of hydrogen-bond donors (Lipinski definition) is 0. The van der Waals surface area contributed by atoms with Crippen LogP contribution in [0, 0.1) is 0 Å². The lowest BCUT2D eigenvalue weighted by atomic mass is 10.1. The zero-order chi connectivity index (χ0) is 15.6. The number of carbonyl (C=O) groups is 1. The summed E-state index contributed by atoms with van der Waals surface area (Å²) in [5, 5.41) is 0. The highest BCUT2D eigenvalue weighted by molar-refractivity contribution is 5.94. The summed E-state index contributed by atoms with van der Waals surface area (Å²) in [6, 6.07) is 11.7. The summed E-state index contributed by atoms with van der Waals surface area (Å²) in [5.74, 6) is 0.0495. The second-order valence-corrected chi connectivity index (χ2v) is 5.61. The summed E-state index contributed by atoms with van der Waals surface area (Å²) < 4.78 is 2.00. The highest BCUT2D eigenvalue weighted by Crippen LogP contribution is 2.19. The Labute approximate surface area is 134 Å². The van der Waals surface area contributed by atoms with Gasteiger partial charge in [-0.2, -0.15) is 0 Å².